The number of benzene rings is 1. The lowest BCUT2D eigenvalue weighted by molar-refractivity contribution is 0.0705. The molecule has 0 aliphatic heterocycles. The lowest BCUT2D eigenvalue weighted by Crippen LogP contribution is -2.09. The molecule has 0 spiro atoms. The number of rotatable bonds is 9. The standard InChI is InChI=1S/C14H22O4/c1-12(16)2-3-13-4-6-14(7-5-13)18-11-10-17-9-8-15/h4-7,12,15-16H,2-3,8-11H2,1H3. The fraction of sp³-hybridized carbons (Fsp3) is 0.571. The highest BCUT2D eigenvalue weighted by molar-refractivity contribution is 5.27. The van der Waals surface area contributed by atoms with E-state index in [0.29, 0.717) is 19.8 Å². The summed E-state index contributed by atoms with van der Waals surface area (Å²) in [5.74, 6) is 0.809. The highest BCUT2D eigenvalue weighted by Crippen LogP contribution is 2.13. The third-order valence-corrected chi connectivity index (χ3v) is 2.51. The van der Waals surface area contributed by atoms with E-state index in [1.165, 1.54) is 5.56 Å². The van der Waals surface area contributed by atoms with E-state index in [0.717, 1.165) is 18.6 Å². The fourth-order valence-electron chi connectivity index (χ4n) is 1.51. The van der Waals surface area contributed by atoms with E-state index >= 15 is 0 Å². The summed E-state index contributed by atoms with van der Waals surface area (Å²) in [6.07, 6.45) is 1.39. The lowest BCUT2D eigenvalue weighted by atomic mass is 10.1. The molecule has 0 radical (unpaired) electrons. The molecular formula is C14H22O4. The summed E-state index contributed by atoms with van der Waals surface area (Å²) < 4.78 is 10.6. The quantitative estimate of drug-likeness (QED) is 0.654. The molecule has 1 rings (SSSR count). The maximum Gasteiger partial charge on any atom is 0.119 e. The zero-order chi connectivity index (χ0) is 13.2. The van der Waals surface area contributed by atoms with Gasteiger partial charge in [-0.2, -0.15) is 0 Å². The number of ether oxygens (including phenoxy) is 2. The van der Waals surface area contributed by atoms with Gasteiger partial charge in [-0.3, -0.25) is 0 Å². The van der Waals surface area contributed by atoms with Gasteiger partial charge in [-0.05, 0) is 37.5 Å². The van der Waals surface area contributed by atoms with Gasteiger partial charge in [0.1, 0.15) is 12.4 Å². The predicted octanol–water partition coefficient (Wildman–Crippen LogP) is 1.39. The Hall–Kier alpha value is -1.10. The van der Waals surface area contributed by atoms with Crippen molar-refractivity contribution in [3.63, 3.8) is 0 Å². The summed E-state index contributed by atoms with van der Waals surface area (Å²) in [4.78, 5) is 0. The molecule has 4 heteroatoms. The Morgan fingerprint density at radius 3 is 2.44 bits per heavy atom. The predicted molar refractivity (Wildman–Crippen MR) is 69.8 cm³/mol. The van der Waals surface area contributed by atoms with E-state index in [-0.39, 0.29) is 12.7 Å². The first-order chi connectivity index (χ1) is 8.72. The molecule has 0 amide bonds. The second kappa shape index (κ2) is 8.91. The summed E-state index contributed by atoms with van der Waals surface area (Å²) in [5, 5.41) is 17.7. The summed E-state index contributed by atoms with van der Waals surface area (Å²) in [6, 6.07) is 7.85. The van der Waals surface area contributed by atoms with Gasteiger partial charge in [-0.25, -0.2) is 0 Å². The molecule has 18 heavy (non-hydrogen) atoms. The van der Waals surface area contributed by atoms with E-state index in [1.807, 2.05) is 24.3 Å². The minimum absolute atomic E-state index is 0.0397. The largest absolute Gasteiger partial charge is 0.491 e. The third-order valence-electron chi connectivity index (χ3n) is 2.51. The van der Waals surface area contributed by atoms with Crippen molar-refractivity contribution >= 4 is 0 Å². The van der Waals surface area contributed by atoms with E-state index in [2.05, 4.69) is 0 Å². The number of aliphatic hydroxyl groups is 2. The highest BCUT2D eigenvalue weighted by atomic mass is 16.5. The van der Waals surface area contributed by atoms with Gasteiger partial charge in [0, 0.05) is 0 Å². The van der Waals surface area contributed by atoms with Crippen molar-refractivity contribution in [2.75, 3.05) is 26.4 Å². The van der Waals surface area contributed by atoms with Crippen LogP contribution in [0.3, 0.4) is 0 Å². The molecule has 0 saturated carbocycles. The maximum absolute atomic E-state index is 9.20. The molecule has 102 valence electrons. The van der Waals surface area contributed by atoms with Crippen molar-refractivity contribution in [1.82, 2.24) is 0 Å². The number of aliphatic hydroxyl groups excluding tert-OH is 2. The number of aryl methyl sites for hydroxylation is 1. The van der Waals surface area contributed by atoms with Crippen molar-refractivity contribution in [2.45, 2.75) is 25.9 Å². The summed E-state index contributed by atoms with van der Waals surface area (Å²) in [7, 11) is 0. The Bertz CT molecular complexity index is 308. The van der Waals surface area contributed by atoms with Gasteiger partial charge in [-0.1, -0.05) is 12.1 Å². The van der Waals surface area contributed by atoms with Crippen molar-refractivity contribution in [3.8, 4) is 5.75 Å². The Kier molecular flexibility index (Phi) is 7.41. The first kappa shape index (κ1) is 15.0. The normalized spacial score (nSPS) is 12.4. The molecule has 0 heterocycles. The molecule has 1 aromatic rings. The minimum Gasteiger partial charge on any atom is -0.491 e. The smallest absolute Gasteiger partial charge is 0.119 e. The molecule has 1 unspecified atom stereocenters. The van der Waals surface area contributed by atoms with Crippen LogP contribution in [-0.4, -0.2) is 42.7 Å². The number of hydrogen-bond acceptors (Lipinski definition) is 4. The monoisotopic (exact) mass is 254 g/mol. The Balaban J connectivity index is 2.23. The van der Waals surface area contributed by atoms with Gasteiger partial charge in [-0.15, -0.1) is 0 Å². The van der Waals surface area contributed by atoms with E-state index in [1.54, 1.807) is 6.92 Å². The Morgan fingerprint density at radius 1 is 1.11 bits per heavy atom. The first-order valence-electron chi connectivity index (χ1n) is 6.31. The van der Waals surface area contributed by atoms with Crippen LogP contribution in [0.4, 0.5) is 0 Å². The average molecular weight is 254 g/mol. The van der Waals surface area contributed by atoms with Gasteiger partial charge in [0.25, 0.3) is 0 Å². The van der Waals surface area contributed by atoms with Crippen molar-refractivity contribution < 1.29 is 19.7 Å². The molecule has 1 aromatic carbocycles. The Labute approximate surface area is 108 Å². The SMILES string of the molecule is CC(O)CCc1ccc(OCCOCCO)cc1. The Morgan fingerprint density at radius 2 is 1.83 bits per heavy atom. The van der Waals surface area contributed by atoms with Crippen LogP contribution in [0.15, 0.2) is 24.3 Å². The topological polar surface area (TPSA) is 58.9 Å². The van der Waals surface area contributed by atoms with Crippen LogP contribution in [0.5, 0.6) is 5.75 Å². The summed E-state index contributed by atoms with van der Waals surface area (Å²) in [6.45, 7) is 3.14. The van der Waals surface area contributed by atoms with Gasteiger partial charge in [0.05, 0.1) is 25.9 Å². The van der Waals surface area contributed by atoms with E-state index < -0.39 is 0 Å². The highest BCUT2D eigenvalue weighted by Gasteiger charge is 1.99. The van der Waals surface area contributed by atoms with Crippen LogP contribution in [0, 0.1) is 0 Å². The van der Waals surface area contributed by atoms with Crippen LogP contribution in [0.1, 0.15) is 18.9 Å². The van der Waals surface area contributed by atoms with Gasteiger partial charge in [0.15, 0.2) is 0 Å². The molecule has 0 aromatic heterocycles. The molecule has 2 N–H and O–H groups in total. The molecule has 0 aliphatic carbocycles. The van der Waals surface area contributed by atoms with Crippen molar-refractivity contribution in [2.24, 2.45) is 0 Å². The lowest BCUT2D eigenvalue weighted by Gasteiger charge is -2.08. The van der Waals surface area contributed by atoms with Crippen LogP contribution in [0.2, 0.25) is 0 Å². The van der Waals surface area contributed by atoms with Crippen molar-refractivity contribution in [3.05, 3.63) is 29.8 Å². The van der Waals surface area contributed by atoms with E-state index in [9.17, 15) is 5.11 Å². The van der Waals surface area contributed by atoms with Crippen LogP contribution in [-0.2, 0) is 11.2 Å². The van der Waals surface area contributed by atoms with Gasteiger partial charge < -0.3 is 19.7 Å². The third kappa shape index (κ3) is 6.59. The van der Waals surface area contributed by atoms with Crippen LogP contribution < -0.4 is 4.74 Å². The molecule has 4 nitrogen and oxygen atoms in total. The minimum atomic E-state index is -0.260. The molecule has 0 fully saturated rings. The molecule has 0 bridgehead atoms. The van der Waals surface area contributed by atoms with Gasteiger partial charge in [0.2, 0.25) is 0 Å². The van der Waals surface area contributed by atoms with Crippen LogP contribution in [0.25, 0.3) is 0 Å². The van der Waals surface area contributed by atoms with E-state index in [4.69, 9.17) is 14.6 Å². The molecule has 0 aliphatic rings. The van der Waals surface area contributed by atoms with Crippen molar-refractivity contribution in [1.29, 1.82) is 0 Å². The van der Waals surface area contributed by atoms with Crippen LogP contribution >= 0.6 is 0 Å². The maximum atomic E-state index is 9.20. The summed E-state index contributed by atoms with van der Waals surface area (Å²) in [5.41, 5.74) is 1.19. The fourth-order valence-corrected chi connectivity index (χ4v) is 1.51. The first-order valence-corrected chi connectivity index (χ1v) is 6.31. The second-order valence-electron chi connectivity index (χ2n) is 4.22. The zero-order valence-electron chi connectivity index (χ0n) is 10.8. The molecular weight excluding hydrogens is 232 g/mol. The average Bonchev–Trinajstić information content (AvgIpc) is 2.37. The second-order valence-corrected chi connectivity index (χ2v) is 4.22. The van der Waals surface area contributed by atoms with Gasteiger partial charge >= 0.3 is 0 Å². The number of hydrogen-bond donors (Lipinski definition) is 2. The summed E-state index contributed by atoms with van der Waals surface area (Å²) >= 11 is 0. The molecule has 0 saturated heterocycles. The molecule has 1 atom stereocenters. The zero-order valence-corrected chi connectivity index (χ0v) is 10.8.